The van der Waals surface area contributed by atoms with Crippen LogP contribution in [0, 0.1) is 23.7 Å². The second-order valence-electron chi connectivity index (χ2n) is 7.30. The highest BCUT2D eigenvalue weighted by atomic mass is 16.6. The van der Waals surface area contributed by atoms with Crippen LogP contribution in [0.4, 0.5) is 0 Å². The second kappa shape index (κ2) is 5.22. The minimum Gasteiger partial charge on any atom is -0.460 e. The van der Waals surface area contributed by atoms with Crippen molar-refractivity contribution in [1.82, 2.24) is 0 Å². The van der Waals surface area contributed by atoms with Gasteiger partial charge in [-0.05, 0) is 70.1 Å². The van der Waals surface area contributed by atoms with E-state index < -0.39 is 0 Å². The second-order valence-corrected chi connectivity index (χ2v) is 7.30. The van der Waals surface area contributed by atoms with Gasteiger partial charge < -0.3 is 4.74 Å². The SMILES string of the molecule is CCC1C2CCC1CC(CC(=O)OC(C)(C)C)C2. The van der Waals surface area contributed by atoms with Crippen LogP contribution in [-0.2, 0) is 9.53 Å². The normalized spacial score (nSPS) is 35.6. The fraction of sp³-hybridized carbons (Fsp3) is 0.938. The van der Waals surface area contributed by atoms with E-state index in [0.29, 0.717) is 12.3 Å². The maximum atomic E-state index is 11.9. The number of hydrogen-bond donors (Lipinski definition) is 0. The van der Waals surface area contributed by atoms with Crippen molar-refractivity contribution in [3.8, 4) is 0 Å². The Hall–Kier alpha value is -0.530. The third kappa shape index (κ3) is 3.27. The molecule has 2 unspecified atom stereocenters. The lowest BCUT2D eigenvalue weighted by Crippen LogP contribution is -2.30. The molecule has 2 fully saturated rings. The third-order valence-corrected chi connectivity index (χ3v) is 4.74. The van der Waals surface area contributed by atoms with Crippen LogP contribution < -0.4 is 0 Å². The molecule has 0 aromatic heterocycles. The minimum absolute atomic E-state index is 0.00171. The largest absolute Gasteiger partial charge is 0.460 e. The molecule has 2 atom stereocenters. The summed E-state index contributed by atoms with van der Waals surface area (Å²) in [5.74, 6) is 3.31. The molecule has 2 aliphatic carbocycles. The van der Waals surface area contributed by atoms with Crippen LogP contribution in [0.3, 0.4) is 0 Å². The van der Waals surface area contributed by atoms with E-state index in [0.717, 1.165) is 17.8 Å². The number of carbonyl (C=O) groups excluding carboxylic acids is 1. The Morgan fingerprint density at radius 2 is 1.72 bits per heavy atom. The molecule has 0 N–H and O–H groups in total. The van der Waals surface area contributed by atoms with Gasteiger partial charge in [0.2, 0.25) is 0 Å². The molecule has 2 bridgehead atoms. The molecule has 2 rings (SSSR count). The molecule has 2 heteroatoms. The Bertz CT molecular complexity index is 289. The zero-order valence-corrected chi connectivity index (χ0v) is 12.4. The van der Waals surface area contributed by atoms with E-state index in [1.54, 1.807) is 0 Å². The van der Waals surface area contributed by atoms with Crippen molar-refractivity contribution in [1.29, 1.82) is 0 Å². The summed E-state index contributed by atoms with van der Waals surface area (Å²) in [7, 11) is 0. The molecule has 0 aromatic carbocycles. The minimum atomic E-state index is -0.337. The van der Waals surface area contributed by atoms with Crippen molar-refractivity contribution < 1.29 is 9.53 Å². The molecule has 0 amide bonds. The quantitative estimate of drug-likeness (QED) is 0.704. The van der Waals surface area contributed by atoms with Gasteiger partial charge in [-0.25, -0.2) is 0 Å². The predicted molar refractivity (Wildman–Crippen MR) is 73.2 cm³/mol. The first kappa shape index (κ1) is 13.9. The highest BCUT2D eigenvalue weighted by molar-refractivity contribution is 5.70. The molecule has 2 saturated carbocycles. The summed E-state index contributed by atoms with van der Waals surface area (Å²) in [6.07, 6.45) is 7.28. The summed E-state index contributed by atoms with van der Waals surface area (Å²) in [6.45, 7) is 8.16. The van der Waals surface area contributed by atoms with Gasteiger partial charge in [0.1, 0.15) is 5.60 Å². The van der Waals surface area contributed by atoms with Gasteiger partial charge >= 0.3 is 5.97 Å². The number of fused-ring (bicyclic) bond motifs is 2. The first-order chi connectivity index (χ1) is 8.39. The first-order valence-corrected chi connectivity index (χ1v) is 7.61. The molecule has 0 aliphatic heterocycles. The topological polar surface area (TPSA) is 26.3 Å². The lowest BCUT2D eigenvalue weighted by molar-refractivity contribution is -0.156. The van der Waals surface area contributed by atoms with Crippen LogP contribution in [0.5, 0.6) is 0 Å². The van der Waals surface area contributed by atoms with Gasteiger partial charge in [-0.2, -0.15) is 0 Å². The van der Waals surface area contributed by atoms with Crippen molar-refractivity contribution in [3.05, 3.63) is 0 Å². The maximum Gasteiger partial charge on any atom is 0.306 e. The highest BCUT2D eigenvalue weighted by Gasteiger charge is 2.42. The van der Waals surface area contributed by atoms with Crippen LogP contribution in [-0.4, -0.2) is 11.6 Å². The zero-order valence-electron chi connectivity index (χ0n) is 12.4. The van der Waals surface area contributed by atoms with Gasteiger partial charge in [0.15, 0.2) is 0 Å². The standard InChI is InChI=1S/C16H28O2/c1-5-14-12-6-7-13(14)9-11(8-12)10-15(17)18-16(2,3)4/h11-14H,5-10H2,1-4H3. The summed E-state index contributed by atoms with van der Waals surface area (Å²) in [4.78, 5) is 11.9. The van der Waals surface area contributed by atoms with Crippen molar-refractivity contribution >= 4 is 5.97 Å². The fourth-order valence-corrected chi connectivity index (χ4v) is 4.23. The average Bonchev–Trinajstić information content (AvgIpc) is 2.46. The van der Waals surface area contributed by atoms with E-state index in [1.165, 1.54) is 32.1 Å². The Kier molecular flexibility index (Phi) is 4.03. The summed E-state index contributed by atoms with van der Waals surface area (Å²) < 4.78 is 5.45. The van der Waals surface area contributed by atoms with Crippen LogP contribution >= 0.6 is 0 Å². The zero-order chi connectivity index (χ0) is 13.3. The molecule has 0 spiro atoms. The lowest BCUT2D eigenvalue weighted by Gasteiger charge is -2.34. The molecule has 0 saturated heterocycles. The van der Waals surface area contributed by atoms with E-state index in [1.807, 2.05) is 20.8 Å². The van der Waals surface area contributed by atoms with Crippen molar-refractivity contribution in [2.24, 2.45) is 23.7 Å². The van der Waals surface area contributed by atoms with E-state index in [9.17, 15) is 4.79 Å². The maximum absolute atomic E-state index is 11.9. The van der Waals surface area contributed by atoms with Gasteiger partial charge in [-0.15, -0.1) is 0 Å². The predicted octanol–water partition coefficient (Wildman–Crippen LogP) is 4.18. The van der Waals surface area contributed by atoms with Crippen LogP contribution in [0.2, 0.25) is 0 Å². The number of rotatable bonds is 3. The Balaban J connectivity index is 1.84. The molecule has 18 heavy (non-hydrogen) atoms. The van der Waals surface area contributed by atoms with Crippen LogP contribution in [0.1, 0.15) is 66.2 Å². The van der Waals surface area contributed by atoms with Crippen LogP contribution in [0.15, 0.2) is 0 Å². The molecule has 0 aromatic rings. The Labute approximate surface area is 111 Å². The fourth-order valence-electron chi connectivity index (χ4n) is 4.23. The summed E-state index contributed by atoms with van der Waals surface area (Å²) >= 11 is 0. The molecule has 0 heterocycles. The van der Waals surface area contributed by atoms with Crippen molar-refractivity contribution in [2.45, 2.75) is 71.8 Å². The smallest absolute Gasteiger partial charge is 0.306 e. The van der Waals surface area contributed by atoms with E-state index in [2.05, 4.69) is 6.92 Å². The van der Waals surface area contributed by atoms with E-state index >= 15 is 0 Å². The number of hydrogen-bond acceptors (Lipinski definition) is 2. The molecular weight excluding hydrogens is 224 g/mol. The van der Waals surface area contributed by atoms with Crippen LogP contribution in [0.25, 0.3) is 0 Å². The molecule has 104 valence electrons. The number of ether oxygens (including phenoxy) is 1. The van der Waals surface area contributed by atoms with Crippen molar-refractivity contribution in [3.63, 3.8) is 0 Å². The monoisotopic (exact) mass is 252 g/mol. The van der Waals surface area contributed by atoms with Gasteiger partial charge in [0.25, 0.3) is 0 Å². The molecule has 2 aliphatic rings. The Morgan fingerprint density at radius 1 is 1.17 bits per heavy atom. The molecule has 0 radical (unpaired) electrons. The first-order valence-electron chi connectivity index (χ1n) is 7.61. The van der Waals surface area contributed by atoms with Gasteiger partial charge in [0, 0.05) is 6.42 Å². The van der Waals surface area contributed by atoms with Gasteiger partial charge in [0.05, 0.1) is 0 Å². The van der Waals surface area contributed by atoms with Gasteiger partial charge in [-0.3, -0.25) is 4.79 Å². The van der Waals surface area contributed by atoms with Crippen molar-refractivity contribution in [2.75, 3.05) is 0 Å². The molecule has 2 nitrogen and oxygen atoms in total. The van der Waals surface area contributed by atoms with E-state index in [4.69, 9.17) is 4.74 Å². The third-order valence-electron chi connectivity index (χ3n) is 4.74. The highest BCUT2D eigenvalue weighted by Crippen LogP contribution is 2.51. The van der Waals surface area contributed by atoms with Gasteiger partial charge in [-0.1, -0.05) is 13.3 Å². The number of esters is 1. The van der Waals surface area contributed by atoms with E-state index in [-0.39, 0.29) is 11.6 Å². The summed E-state index contributed by atoms with van der Waals surface area (Å²) in [5, 5.41) is 0. The molecular formula is C16H28O2. The lowest BCUT2D eigenvalue weighted by atomic mass is 9.71. The summed E-state index contributed by atoms with van der Waals surface area (Å²) in [5.41, 5.74) is -0.337. The average molecular weight is 252 g/mol. The summed E-state index contributed by atoms with van der Waals surface area (Å²) in [6, 6.07) is 0. The Morgan fingerprint density at radius 3 is 2.17 bits per heavy atom. The number of carbonyl (C=O) groups is 1.